The van der Waals surface area contributed by atoms with Gasteiger partial charge < -0.3 is 10.1 Å². The van der Waals surface area contributed by atoms with Crippen molar-refractivity contribution in [3.05, 3.63) is 29.8 Å². The molecule has 0 aliphatic carbocycles. The lowest BCUT2D eigenvalue weighted by molar-refractivity contribution is -0.130. The van der Waals surface area contributed by atoms with Crippen LogP contribution in [-0.4, -0.2) is 50.3 Å². The summed E-state index contributed by atoms with van der Waals surface area (Å²) in [5.74, 6) is -1.50. The van der Waals surface area contributed by atoms with Gasteiger partial charge >= 0.3 is 5.97 Å². The Balaban J connectivity index is 2.84. The number of esters is 1. The smallest absolute Gasteiger partial charge is 0.338 e. The van der Waals surface area contributed by atoms with Gasteiger partial charge in [-0.25, -0.2) is 17.5 Å². The summed E-state index contributed by atoms with van der Waals surface area (Å²) in [5.41, 5.74) is -0.973. The number of rotatable bonds is 7. The Morgan fingerprint density at radius 3 is 2.11 bits per heavy atom. The number of amides is 1. The number of nitrogens with one attached hydrogen (secondary N) is 1. The van der Waals surface area contributed by atoms with E-state index in [-0.39, 0.29) is 16.4 Å². The first kappa shape index (κ1) is 22.6. The van der Waals surface area contributed by atoms with Crippen LogP contribution in [0.3, 0.4) is 0 Å². The molecule has 1 rings (SSSR count). The minimum Gasteiger partial charge on any atom is -0.449 e. The molecule has 0 spiro atoms. The van der Waals surface area contributed by atoms with E-state index in [2.05, 4.69) is 5.32 Å². The Labute approximate surface area is 160 Å². The molecule has 0 radical (unpaired) electrons. The molecule has 2 atom stereocenters. The van der Waals surface area contributed by atoms with Crippen molar-refractivity contribution in [2.24, 2.45) is 5.92 Å². The molecular weight excluding hydrogens is 370 g/mol. The van der Waals surface area contributed by atoms with Crippen LogP contribution < -0.4 is 5.32 Å². The van der Waals surface area contributed by atoms with Gasteiger partial charge in [-0.1, -0.05) is 13.8 Å². The van der Waals surface area contributed by atoms with E-state index in [1.807, 2.05) is 6.07 Å². The lowest BCUT2D eigenvalue weighted by Gasteiger charge is -2.28. The Kier molecular flexibility index (Phi) is 7.11. The molecule has 1 amide bonds. The predicted molar refractivity (Wildman–Crippen MR) is 99.2 cm³/mol. The fourth-order valence-electron chi connectivity index (χ4n) is 1.91. The predicted octanol–water partition coefficient (Wildman–Crippen LogP) is 1.54. The highest BCUT2D eigenvalue weighted by Gasteiger charge is 2.32. The van der Waals surface area contributed by atoms with E-state index in [4.69, 9.17) is 4.74 Å². The summed E-state index contributed by atoms with van der Waals surface area (Å²) < 4.78 is 30.2. The van der Waals surface area contributed by atoms with Gasteiger partial charge in [0.2, 0.25) is 10.0 Å². The standard InChI is InChI=1S/C18H25N3O5S/c1-12(2)18(4,11-19)20-16(22)13(3)26-17(23)14-7-9-15(10-8-14)27(24,25)21(5)6/h7-10,12-13H,1-6H3,(H,20,22)/t13-,18+/m1/s1. The average molecular weight is 395 g/mol. The van der Waals surface area contributed by atoms with Crippen molar-refractivity contribution in [1.29, 1.82) is 5.26 Å². The van der Waals surface area contributed by atoms with Gasteiger partial charge in [-0.3, -0.25) is 4.79 Å². The van der Waals surface area contributed by atoms with Crippen LogP contribution >= 0.6 is 0 Å². The summed E-state index contributed by atoms with van der Waals surface area (Å²) in [6, 6.07) is 7.27. The monoisotopic (exact) mass is 395 g/mol. The minimum absolute atomic E-state index is 0.0385. The molecule has 0 fully saturated rings. The van der Waals surface area contributed by atoms with Crippen molar-refractivity contribution in [2.75, 3.05) is 14.1 Å². The third-order valence-electron chi connectivity index (χ3n) is 4.29. The first-order valence-corrected chi connectivity index (χ1v) is 9.76. The number of carbonyl (C=O) groups excluding carboxylic acids is 2. The molecule has 0 saturated carbocycles. The number of nitrogens with zero attached hydrogens (tertiary/aromatic N) is 2. The SMILES string of the molecule is CC(C)[C@](C)(C#N)NC(=O)[C@@H](C)OC(=O)c1ccc(S(=O)(=O)N(C)C)cc1. The van der Waals surface area contributed by atoms with Crippen LogP contribution in [0.2, 0.25) is 0 Å². The van der Waals surface area contributed by atoms with Gasteiger partial charge in [0.25, 0.3) is 5.91 Å². The van der Waals surface area contributed by atoms with Crippen molar-refractivity contribution in [2.45, 2.75) is 44.2 Å². The molecule has 1 N–H and O–H groups in total. The van der Waals surface area contributed by atoms with Gasteiger partial charge in [0.05, 0.1) is 16.5 Å². The van der Waals surface area contributed by atoms with Crippen molar-refractivity contribution in [1.82, 2.24) is 9.62 Å². The molecule has 148 valence electrons. The number of sulfonamides is 1. The lowest BCUT2D eigenvalue weighted by Crippen LogP contribution is -2.52. The van der Waals surface area contributed by atoms with E-state index in [0.29, 0.717) is 0 Å². The summed E-state index contributed by atoms with van der Waals surface area (Å²) in [6.07, 6.45) is -1.12. The maximum Gasteiger partial charge on any atom is 0.338 e. The van der Waals surface area contributed by atoms with Crippen molar-refractivity contribution in [3.8, 4) is 6.07 Å². The molecule has 0 heterocycles. The van der Waals surface area contributed by atoms with Gasteiger partial charge in [0.1, 0.15) is 5.54 Å². The highest BCUT2D eigenvalue weighted by atomic mass is 32.2. The summed E-state index contributed by atoms with van der Waals surface area (Å²) >= 11 is 0. The van der Waals surface area contributed by atoms with Crippen molar-refractivity contribution in [3.63, 3.8) is 0 Å². The Hall–Kier alpha value is -2.44. The largest absolute Gasteiger partial charge is 0.449 e. The van der Waals surface area contributed by atoms with Crippen LogP contribution in [0.5, 0.6) is 0 Å². The first-order valence-electron chi connectivity index (χ1n) is 8.32. The number of nitriles is 1. The lowest BCUT2D eigenvalue weighted by atomic mass is 9.90. The van der Waals surface area contributed by atoms with E-state index in [1.54, 1.807) is 20.8 Å². The van der Waals surface area contributed by atoms with Crippen LogP contribution in [0.25, 0.3) is 0 Å². The van der Waals surface area contributed by atoms with Crippen molar-refractivity contribution >= 4 is 21.9 Å². The van der Waals surface area contributed by atoms with Gasteiger partial charge in [-0.2, -0.15) is 5.26 Å². The maximum atomic E-state index is 12.2. The fraction of sp³-hybridized carbons (Fsp3) is 0.500. The molecule has 0 unspecified atom stereocenters. The number of ether oxygens (including phenoxy) is 1. The molecule has 1 aromatic rings. The molecule has 27 heavy (non-hydrogen) atoms. The number of hydrogen-bond acceptors (Lipinski definition) is 6. The molecular formula is C18H25N3O5S. The normalized spacial score (nSPS) is 14.9. The quantitative estimate of drug-likeness (QED) is 0.700. The van der Waals surface area contributed by atoms with Crippen LogP contribution in [-0.2, 0) is 19.6 Å². The highest BCUT2D eigenvalue weighted by molar-refractivity contribution is 7.89. The molecule has 0 aliphatic heterocycles. The van der Waals surface area contributed by atoms with E-state index in [9.17, 15) is 23.3 Å². The highest BCUT2D eigenvalue weighted by Crippen LogP contribution is 2.17. The molecule has 0 aromatic heterocycles. The minimum atomic E-state index is -3.60. The average Bonchev–Trinajstić information content (AvgIpc) is 2.61. The summed E-state index contributed by atoms with van der Waals surface area (Å²) in [4.78, 5) is 24.5. The van der Waals surface area contributed by atoms with Crippen LogP contribution in [0, 0.1) is 17.2 Å². The van der Waals surface area contributed by atoms with Gasteiger partial charge in [-0.05, 0) is 44.0 Å². The molecule has 0 bridgehead atoms. The second-order valence-corrected chi connectivity index (χ2v) is 8.97. The summed E-state index contributed by atoms with van der Waals surface area (Å²) in [5, 5.41) is 11.8. The Morgan fingerprint density at radius 1 is 1.19 bits per heavy atom. The number of benzene rings is 1. The molecule has 0 aliphatic rings. The van der Waals surface area contributed by atoms with E-state index < -0.39 is 33.5 Å². The van der Waals surface area contributed by atoms with Crippen LogP contribution in [0.4, 0.5) is 0 Å². The maximum absolute atomic E-state index is 12.2. The third-order valence-corrected chi connectivity index (χ3v) is 6.12. The van der Waals surface area contributed by atoms with Crippen LogP contribution in [0.1, 0.15) is 38.1 Å². The second kappa shape index (κ2) is 8.50. The Morgan fingerprint density at radius 2 is 1.70 bits per heavy atom. The van der Waals surface area contributed by atoms with Gasteiger partial charge in [-0.15, -0.1) is 0 Å². The zero-order valence-corrected chi connectivity index (χ0v) is 17.1. The molecule has 1 aromatic carbocycles. The zero-order chi connectivity index (χ0) is 21.0. The number of carbonyl (C=O) groups is 2. The first-order chi connectivity index (χ1) is 12.3. The van der Waals surface area contributed by atoms with E-state index in [0.717, 1.165) is 4.31 Å². The Bertz CT molecular complexity index is 841. The summed E-state index contributed by atoms with van der Waals surface area (Å²) in [6.45, 7) is 6.58. The van der Waals surface area contributed by atoms with E-state index in [1.165, 1.54) is 45.3 Å². The van der Waals surface area contributed by atoms with E-state index >= 15 is 0 Å². The van der Waals surface area contributed by atoms with Crippen LogP contribution in [0.15, 0.2) is 29.2 Å². The molecule has 8 nitrogen and oxygen atoms in total. The second-order valence-electron chi connectivity index (χ2n) is 6.82. The summed E-state index contributed by atoms with van der Waals surface area (Å²) in [7, 11) is -0.787. The fourth-order valence-corrected chi connectivity index (χ4v) is 2.82. The topological polar surface area (TPSA) is 117 Å². The molecule has 9 heteroatoms. The molecule has 0 saturated heterocycles. The van der Waals surface area contributed by atoms with Gasteiger partial charge in [0.15, 0.2) is 6.10 Å². The van der Waals surface area contributed by atoms with Crippen molar-refractivity contribution < 1.29 is 22.7 Å². The number of hydrogen-bond donors (Lipinski definition) is 1. The zero-order valence-electron chi connectivity index (χ0n) is 16.3. The van der Waals surface area contributed by atoms with Gasteiger partial charge in [0, 0.05) is 14.1 Å². The third kappa shape index (κ3) is 5.28.